The Morgan fingerprint density at radius 3 is 1.10 bits per heavy atom. The summed E-state index contributed by atoms with van der Waals surface area (Å²) in [4.78, 5) is 20.9. The van der Waals surface area contributed by atoms with Gasteiger partial charge >= 0.3 is 0 Å². The number of carbonyl (C=O) groups is 1. The fourth-order valence-corrected chi connectivity index (χ4v) is 6.52. The lowest BCUT2D eigenvalue weighted by molar-refractivity contribution is -0.121. The minimum Gasteiger partial charge on any atom is -0.367 e. The van der Waals surface area contributed by atoms with Crippen LogP contribution >= 0.6 is 0 Å². The van der Waals surface area contributed by atoms with E-state index in [0.717, 1.165) is 45.5 Å². The summed E-state index contributed by atoms with van der Waals surface area (Å²) in [6.45, 7) is 0. The second-order valence-electron chi connectivity index (χ2n) is 11.7. The predicted molar refractivity (Wildman–Crippen MR) is 198 cm³/mol. The molecule has 2 N–H and O–H groups in total. The Hall–Kier alpha value is -6.33. The zero-order valence-corrected chi connectivity index (χ0v) is 26.5. The van der Waals surface area contributed by atoms with Crippen LogP contribution in [0.4, 0.5) is 34.1 Å². The highest BCUT2D eigenvalue weighted by molar-refractivity contribution is 5.96. The molecule has 0 spiro atoms. The summed E-state index contributed by atoms with van der Waals surface area (Å²) in [5.74, 6) is -0.458. The third-order valence-corrected chi connectivity index (χ3v) is 8.61. The summed E-state index contributed by atoms with van der Waals surface area (Å²) in [5.41, 5.74) is 12.7. The largest absolute Gasteiger partial charge is 0.367 e. The first-order valence-electron chi connectivity index (χ1n) is 16.1. The Bertz CT molecular complexity index is 1900. The first kappa shape index (κ1) is 30.3. The second kappa shape index (κ2) is 13.6. The minimum atomic E-state index is -1.31. The van der Waals surface area contributed by atoms with Crippen molar-refractivity contribution >= 4 is 40.0 Å². The molecule has 6 aromatic carbocycles. The number of hydrogen-bond acceptors (Lipinski definition) is 4. The Kier molecular flexibility index (Phi) is 8.58. The van der Waals surface area contributed by atoms with Crippen molar-refractivity contribution in [3.63, 3.8) is 0 Å². The molecule has 5 nitrogen and oxygen atoms in total. The van der Waals surface area contributed by atoms with Gasteiger partial charge in [0.15, 0.2) is 0 Å². The topological polar surface area (TPSA) is 52.8 Å². The van der Waals surface area contributed by atoms with Gasteiger partial charge in [0.25, 0.3) is 0 Å². The molecule has 234 valence electrons. The minimum absolute atomic E-state index is 0.302. The van der Waals surface area contributed by atoms with E-state index in [-0.39, 0.29) is 0 Å². The van der Waals surface area contributed by atoms with Crippen molar-refractivity contribution in [1.82, 2.24) is 0 Å². The Balaban J connectivity index is 1.54. The van der Waals surface area contributed by atoms with Crippen LogP contribution in [0.2, 0.25) is 0 Å². The van der Waals surface area contributed by atoms with Gasteiger partial charge in [-0.15, -0.1) is 0 Å². The molecule has 0 saturated heterocycles. The molecular weight excluding hydrogens is 589 g/mol. The van der Waals surface area contributed by atoms with Gasteiger partial charge in [-0.3, -0.25) is 4.79 Å². The quantitative estimate of drug-likeness (QED) is 0.165. The zero-order chi connectivity index (χ0) is 32.8. The van der Waals surface area contributed by atoms with E-state index >= 15 is 0 Å². The molecule has 0 aliphatic heterocycles. The van der Waals surface area contributed by atoms with Crippen LogP contribution in [-0.4, -0.2) is 11.4 Å². The maximum absolute atomic E-state index is 14.4. The number of nitrogens with zero attached hydrogens (tertiary/aromatic N) is 3. The van der Waals surface area contributed by atoms with Crippen molar-refractivity contribution in [3.05, 3.63) is 206 Å². The SMILES string of the molecule is NC(=O)C1(N(c2ccccc2)c2ccccc2)C=C(N(c2ccccc2)c2ccccc2)C=C(N(c2ccccc2)c2ccccc2)C1. The molecule has 6 aromatic rings. The van der Waals surface area contributed by atoms with Crippen LogP contribution in [0.5, 0.6) is 0 Å². The lowest BCUT2D eigenvalue weighted by Gasteiger charge is -2.46. The fourth-order valence-electron chi connectivity index (χ4n) is 6.52. The summed E-state index contributed by atoms with van der Waals surface area (Å²) in [6.07, 6.45) is 4.54. The molecule has 0 saturated carbocycles. The molecule has 0 fully saturated rings. The molecule has 1 aliphatic rings. The van der Waals surface area contributed by atoms with E-state index in [0.29, 0.717) is 6.42 Å². The smallest absolute Gasteiger partial charge is 0.248 e. The van der Waals surface area contributed by atoms with Gasteiger partial charge in [-0.1, -0.05) is 109 Å². The summed E-state index contributed by atoms with van der Waals surface area (Å²) in [6, 6.07) is 61.1. The number of allylic oxidation sites excluding steroid dienone is 1. The fraction of sp³-hybridized carbons (Fsp3) is 0.0465. The van der Waals surface area contributed by atoms with E-state index in [1.807, 2.05) is 140 Å². The number of hydrogen-bond donors (Lipinski definition) is 1. The highest BCUT2D eigenvalue weighted by atomic mass is 16.1. The molecule has 0 radical (unpaired) electrons. The van der Waals surface area contributed by atoms with Gasteiger partial charge in [0.2, 0.25) is 5.91 Å². The van der Waals surface area contributed by atoms with Crippen LogP contribution in [0.3, 0.4) is 0 Å². The summed E-state index contributed by atoms with van der Waals surface area (Å²) in [7, 11) is 0. The molecule has 1 unspecified atom stereocenters. The molecule has 48 heavy (non-hydrogen) atoms. The van der Waals surface area contributed by atoms with Crippen molar-refractivity contribution < 1.29 is 4.79 Å². The van der Waals surface area contributed by atoms with Crippen molar-refractivity contribution in [2.24, 2.45) is 5.73 Å². The lowest BCUT2D eigenvalue weighted by Crippen LogP contribution is -2.57. The van der Waals surface area contributed by atoms with Crippen LogP contribution in [0.15, 0.2) is 206 Å². The van der Waals surface area contributed by atoms with E-state index < -0.39 is 11.4 Å². The third-order valence-electron chi connectivity index (χ3n) is 8.61. The van der Waals surface area contributed by atoms with Crippen LogP contribution in [0.25, 0.3) is 0 Å². The molecule has 0 bridgehead atoms. The van der Waals surface area contributed by atoms with E-state index in [2.05, 4.69) is 69.3 Å². The Morgan fingerprint density at radius 1 is 0.458 bits per heavy atom. The average molecular weight is 625 g/mol. The highest BCUT2D eigenvalue weighted by Gasteiger charge is 2.46. The van der Waals surface area contributed by atoms with Gasteiger partial charge in [0, 0.05) is 51.9 Å². The first-order chi connectivity index (χ1) is 23.6. The number of amides is 1. The van der Waals surface area contributed by atoms with Gasteiger partial charge < -0.3 is 20.4 Å². The highest BCUT2D eigenvalue weighted by Crippen LogP contribution is 2.46. The molecule has 0 heterocycles. The Morgan fingerprint density at radius 2 is 0.771 bits per heavy atom. The lowest BCUT2D eigenvalue weighted by atomic mass is 9.83. The van der Waals surface area contributed by atoms with Gasteiger partial charge in [0.1, 0.15) is 5.54 Å². The molecule has 0 aromatic heterocycles. The number of anilines is 6. The van der Waals surface area contributed by atoms with Gasteiger partial charge in [0.05, 0.1) is 0 Å². The van der Waals surface area contributed by atoms with Crippen LogP contribution in [-0.2, 0) is 4.79 Å². The Labute approximate surface area is 282 Å². The first-order valence-corrected chi connectivity index (χ1v) is 16.1. The predicted octanol–water partition coefficient (Wildman–Crippen LogP) is 9.90. The van der Waals surface area contributed by atoms with Crippen LogP contribution < -0.4 is 20.4 Å². The average Bonchev–Trinajstić information content (AvgIpc) is 3.15. The van der Waals surface area contributed by atoms with E-state index in [1.165, 1.54) is 0 Å². The second-order valence-corrected chi connectivity index (χ2v) is 11.7. The molecule has 7 rings (SSSR count). The third kappa shape index (κ3) is 5.97. The van der Waals surface area contributed by atoms with E-state index in [4.69, 9.17) is 5.73 Å². The van der Waals surface area contributed by atoms with E-state index in [9.17, 15) is 4.79 Å². The van der Waals surface area contributed by atoms with Crippen molar-refractivity contribution in [1.29, 1.82) is 0 Å². The maximum atomic E-state index is 14.4. The van der Waals surface area contributed by atoms with Gasteiger partial charge in [-0.25, -0.2) is 0 Å². The number of nitrogens with two attached hydrogens (primary N) is 1. The number of benzene rings is 6. The monoisotopic (exact) mass is 624 g/mol. The van der Waals surface area contributed by atoms with Crippen molar-refractivity contribution in [2.45, 2.75) is 12.0 Å². The molecule has 1 aliphatic carbocycles. The molecule has 5 heteroatoms. The van der Waals surface area contributed by atoms with Crippen LogP contribution in [0.1, 0.15) is 6.42 Å². The van der Waals surface area contributed by atoms with Crippen molar-refractivity contribution in [3.8, 4) is 0 Å². The number of carbonyl (C=O) groups excluding carboxylic acids is 1. The maximum Gasteiger partial charge on any atom is 0.248 e. The zero-order valence-electron chi connectivity index (χ0n) is 26.5. The number of rotatable bonds is 10. The normalized spacial score (nSPS) is 15.5. The van der Waals surface area contributed by atoms with Crippen molar-refractivity contribution in [2.75, 3.05) is 14.7 Å². The molecule has 1 amide bonds. The van der Waals surface area contributed by atoms with Crippen LogP contribution in [0, 0.1) is 0 Å². The summed E-state index contributed by atoms with van der Waals surface area (Å²) >= 11 is 0. The van der Waals surface area contributed by atoms with Gasteiger partial charge in [-0.05, 0) is 84.9 Å². The molecular formula is C43H36N4O. The summed E-state index contributed by atoms with van der Waals surface area (Å²) in [5, 5.41) is 0. The molecule has 1 atom stereocenters. The standard InChI is InChI=1S/C43H36N4O/c44-42(48)43(47(38-27-15-5-16-28-38)39-29-17-6-18-30-39)32-40(45(34-19-7-1-8-20-34)35-21-9-2-10-22-35)31-41(33-43)46(36-23-11-3-12-24-36)37-25-13-4-14-26-37/h1-32H,33H2,(H2,44,48). The van der Waals surface area contributed by atoms with Gasteiger partial charge in [-0.2, -0.15) is 0 Å². The number of primary amides is 1. The number of para-hydroxylation sites is 6. The van der Waals surface area contributed by atoms with E-state index in [1.54, 1.807) is 0 Å². The summed E-state index contributed by atoms with van der Waals surface area (Å²) < 4.78 is 0.